The zero-order valence-electron chi connectivity index (χ0n) is 12.0. The summed E-state index contributed by atoms with van der Waals surface area (Å²) in [4.78, 5) is 14.6. The third kappa shape index (κ3) is 3.13. The van der Waals surface area contributed by atoms with Gasteiger partial charge in [-0.3, -0.25) is 4.79 Å². The zero-order chi connectivity index (χ0) is 16.4. The first kappa shape index (κ1) is 15.3. The maximum atomic E-state index is 13.9. The maximum Gasteiger partial charge on any atom is 0.231 e. The van der Waals surface area contributed by atoms with Crippen molar-refractivity contribution < 1.29 is 13.9 Å². The Morgan fingerprint density at radius 1 is 1.35 bits per heavy atom. The van der Waals surface area contributed by atoms with Crippen LogP contribution in [0.15, 0.2) is 36.4 Å². The van der Waals surface area contributed by atoms with Gasteiger partial charge in [0.2, 0.25) is 11.6 Å². The van der Waals surface area contributed by atoms with Crippen molar-refractivity contribution in [2.75, 3.05) is 6.54 Å². The summed E-state index contributed by atoms with van der Waals surface area (Å²) in [7, 11) is 0. The van der Waals surface area contributed by atoms with Crippen LogP contribution in [0.1, 0.15) is 17.9 Å². The van der Waals surface area contributed by atoms with Crippen LogP contribution in [0.5, 0.6) is 11.5 Å². The van der Waals surface area contributed by atoms with Gasteiger partial charge in [-0.25, -0.2) is 9.24 Å². The number of nitrogens with zero attached hydrogens (tertiary/aromatic N) is 1. The SMILES string of the molecule is [C-]#[N+]c1cccc(F)c1Oc1cc([C@@H]2CNC(=O)C2)ccc1Cl. The summed E-state index contributed by atoms with van der Waals surface area (Å²) >= 11 is 6.12. The van der Waals surface area contributed by atoms with E-state index >= 15 is 0 Å². The van der Waals surface area contributed by atoms with Gasteiger partial charge in [0.25, 0.3) is 0 Å². The van der Waals surface area contributed by atoms with Gasteiger partial charge in [0.05, 0.1) is 11.6 Å². The number of nitrogens with one attached hydrogen (secondary N) is 1. The molecule has 1 aliphatic rings. The van der Waals surface area contributed by atoms with Gasteiger partial charge in [-0.05, 0) is 23.8 Å². The van der Waals surface area contributed by atoms with Crippen LogP contribution in [-0.2, 0) is 4.79 Å². The minimum absolute atomic E-state index is 0.00295. The Bertz CT molecular complexity index is 817. The molecule has 1 saturated heterocycles. The van der Waals surface area contributed by atoms with Gasteiger partial charge in [0.1, 0.15) is 5.75 Å². The number of amides is 1. The number of benzene rings is 2. The third-order valence-corrected chi connectivity index (χ3v) is 4.00. The Hall–Kier alpha value is -2.58. The second-order valence-corrected chi connectivity index (χ2v) is 5.60. The fourth-order valence-electron chi connectivity index (χ4n) is 2.49. The van der Waals surface area contributed by atoms with Crippen LogP contribution in [0, 0.1) is 12.4 Å². The summed E-state index contributed by atoms with van der Waals surface area (Å²) in [6.45, 7) is 7.65. The molecule has 0 bridgehead atoms. The van der Waals surface area contributed by atoms with Gasteiger partial charge in [0.15, 0.2) is 11.6 Å². The van der Waals surface area contributed by atoms with E-state index in [9.17, 15) is 9.18 Å². The van der Waals surface area contributed by atoms with E-state index in [0.29, 0.717) is 18.0 Å². The van der Waals surface area contributed by atoms with E-state index in [1.807, 2.05) is 6.07 Å². The molecule has 23 heavy (non-hydrogen) atoms. The third-order valence-electron chi connectivity index (χ3n) is 3.68. The molecule has 0 spiro atoms. The van der Waals surface area contributed by atoms with Crippen molar-refractivity contribution in [3.63, 3.8) is 0 Å². The van der Waals surface area contributed by atoms with Gasteiger partial charge in [-0.15, -0.1) is 0 Å². The predicted octanol–water partition coefficient (Wildman–Crippen LogP) is 4.43. The number of hydrogen-bond donors (Lipinski definition) is 1. The van der Waals surface area contributed by atoms with Crippen LogP contribution in [0.4, 0.5) is 10.1 Å². The van der Waals surface area contributed by atoms with E-state index in [-0.39, 0.29) is 29.0 Å². The number of hydrogen-bond acceptors (Lipinski definition) is 2. The smallest absolute Gasteiger partial charge is 0.231 e. The van der Waals surface area contributed by atoms with E-state index in [0.717, 1.165) is 5.56 Å². The summed E-state index contributed by atoms with van der Waals surface area (Å²) < 4.78 is 19.5. The van der Waals surface area contributed by atoms with Gasteiger partial charge in [-0.1, -0.05) is 29.8 Å². The Labute approximate surface area is 137 Å². The lowest BCUT2D eigenvalue weighted by atomic mass is 9.98. The Morgan fingerprint density at radius 3 is 2.87 bits per heavy atom. The number of carbonyl (C=O) groups excluding carboxylic acids is 1. The minimum atomic E-state index is -0.627. The van der Waals surface area contributed by atoms with E-state index in [1.54, 1.807) is 12.1 Å². The van der Waals surface area contributed by atoms with Crippen molar-refractivity contribution in [1.82, 2.24) is 5.32 Å². The largest absolute Gasteiger partial charge is 0.464 e. The highest BCUT2D eigenvalue weighted by Crippen LogP contribution is 2.39. The van der Waals surface area contributed by atoms with E-state index < -0.39 is 5.82 Å². The average molecular weight is 331 g/mol. The molecule has 1 amide bonds. The predicted molar refractivity (Wildman–Crippen MR) is 84.6 cm³/mol. The minimum Gasteiger partial charge on any atom is -0.464 e. The van der Waals surface area contributed by atoms with Crippen molar-refractivity contribution in [3.8, 4) is 11.5 Å². The molecule has 1 fully saturated rings. The van der Waals surface area contributed by atoms with E-state index in [4.69, 9.17) is 22.9 Å². The highest BCUT2D eigenvalue weighted by Gasteiger charge is 2.24. The molecule has 2 aromatic rings. The second-order valence-electron chi connectivity index (χ2n) is 5.20. The average Bonchev–Trinajstić information content (AvgIpc) is 2.97. The van der Waals surface area contributed by atoms with Crippen LogP contribution >= 0.6 is 11.6 Å². The van der Waals surface area contributed by atoms with Crippen LogP contribution in [-0.4, -0.2) is 12.5 Å². The van der Waals surface area contributed by atoms with Crippen LogP contribution in [0.3, 0.4) is 0 Å². The molecule has 1 aliphatic heterocycles. The summed E-state index contributed by atoms with van der Waals surface area (Å²) in [5, 5.41) is 3.08. The zero-order valence-corrected chi connectivity index (χ0v) is 12.7. The second kappa shape index (κ2) is 6.27. The fourth-order valence-corrected chi connectivity index (χ4v) is 2.65. The number of halogens is 2. The topological polar surface area (TPSA) is 42.7 Å². The molecule has 0 aromatic heterocycles. The number of carbonyl (C=O) groups is 1. The lowest BCUT2D eigenvalue weighted by molar-refractivity contribution is -0.119. The van der Waals surface area contributed by atoms with Crippen molar-refractivity contribution in [1.29, 1.82) is 0 Å². The molecular formula is C17H12ClFN2O2. The molecule has 6 heteroatoms. The van der Waals surface area contributed by atoms with Crippen LogP contribution in [0.2, 0.25) is 5.02 Å². The molecule has 0 aliphatic carbocycles. The molecule has 1 N–H and O–H groups in total. The first-order valence-electron chi connectivity index (χ1n) is 6.98. The van der Waals surface area contributed by atoms with Crippen molar-refractivity contribution in [2.24, 2.45) is 0 Å². The fraction of sp³-hybridized carbons (Fsp3) is 0.176. The van der Waals surface area contributed by atoms with Crippen molar-refractivity contribution in [3.05, 3.63) is 64.2 Å². The van der Waals surface area contributed by atoms with Gasteiger partial charge >= 0.3 is 0 Å². The summed E-state index contributed by atoms with van der Waals surface area (Å²) in [6, 6.07) is 9.30. The van der Waals surface area contributed by atoms with Gasteiger partial charge in [-0.2, -0.15) is 0 Å². The molecule has 2 aromatic carbocycles. The Kier molecular flexibility index (Phi) is 4.18. The van der Waals surface area contributed by atoms with Crippen LogP contribution in [0.25, 0.3) is 4.85 Å². The molecule has 116 valence electrons. The molecule has 3 rings (SSSR count). The standard InChI is InChI=1S/C17H12ClFN2O2/c1-20-14-4-2-3-13(19)17(14)23-15-7-10(5-6-12(15)18)11-8-16(22)21-9-11/h2-7,11H,8-9H2,(H,21,22)/t11-/m0/s1. The number of para-hydroxylation sites is 1. The van der Waals surface area contributed by atoms with E-state index in [2.05, 4.69) is 10.2 Å². The quantitative estimate of drug-likeness (QED) is 0.846. The number of ether oxygens (including phenoxy) is 1. The Morgan fingerprint density at radius 2 is 2.17 bits per heavy atom. The summed E-state index contributed by atoms with van der Waals surface area (Å²) in [5.74, 6) is -0.488. The van der Waals surface area contributed by atoms with Crippen LogP contribution < -0.4 is 10.1 Å². The molecule has 4 nitrogen and oxygen atoms in total. The first-order chi connectivity index (χ1) is 11.1. The lowest BCUT2D eigenvalue weighted by Crippen LogP contribution is -2.13. The molecule has 1 atom stereocenters. The maximum absolute atomic E-state index is 13.9. The van der Waals surface area contributed by atoms with E-state index in [1.165, 1.54) is 18.2 Å². The van der Waals surface area contributed by atoms with Gasteiger partial charge < -0.3 is 10.1 Å². The molecular weight excluding hydrogens is 319 g/mol. The molecule has 1 heterocycles. The molecule has 0 radical (unpaired) electrons. The van der Waals surface area contributed by atoms with Crippen molar-refractivity contribution >= 4 is 23.2 Å². The lowest BCUT2D eigenvalue weighted by Gasteiger charge is -2.14. The monoisotopic (exact) mass is 330 g/mol. The Balaban J connectivity index is 1.95. The van der Waals surface area contributed by atoms with Crippen molar-refractivity contribution in [2.45, 2.75) is 12.3 Å². The normalized spacial score (nSPS) is 16.7. The van der Waals surface area contributed by atoms with Gasteiger partial charge in [0, 0.05) is 18.9 Å². The summed E-state index contributed by atoms with van der Waals surface area (Å²) in [6.07, 6.45) is 0.397. The summed E-state index contributed by atoms with van der Waals surface area (Å²) in [5.41, 5.74) is 0.952. The molecule has 0 saturated carbocycles. The number of rotatable bonds is 3. The highest BCUT2D eigenvalue weighted by molar-refractivity contribution is 6.32. The molecule has 0 unspecified atom stereocenters. The first-order valence-corrected chi connectivity index (χ1v) is 7.36. The highest BCUT2D eigenvalue weighted by atomic mass is 35.5.